The first-order chi connectivity index (χ1) is 9.49. The molecule has 1 heterocycles. The first-order valence-corrected chi connectivity index (χ1v) is 6.80. The van der Waals surface area contributed by atoms with Crippen molar-refractivity contribution in [2.24, 2.45) is 0 Å². The number of hydrogen-bond donors (Lipinski definition) is 0. The highest BCUT2D eigenvalue weighted by molar-refractivity contribution is 6.42. The summed E-state index contributed by atoms with van der Waals surface area (Å²) in [6.45, 7) is 0.322. The van der Waals surface area contributed by atoms with E-state index in [2.05, 4.69) is 10.2 Å². The van der Waals surface area contributed by atoms with Gasteiger partial charge in [-0.15, -0.1) is 10.2 Å². The zero-order chi connectivity index (χ0) is 14.7. The van der Waals surface area contributed by atoms with Crippen molar-refractivity contribution < 1.29 is 4.79 Å². The van der Waals surface area contributed by atoms with Gasteiger partial charge in [0.1, 0.15) is 0 Å². The zero-order valence-corrected chi connectivity index (χ0v) is 12.7. The molecule has 0 radical (unpaired) electrons. The number of hydrogen-bond acceptors (Lipinski definition) is 3. The molecule has 7 heteroatoms. The third-order valence-corrected chi connectivity index (χ3v) is 3.70. The van der Waals surface area contributed by atoms with Crippen molar-refractivity contribution in [3.05, 3.63) is 56.8 Å². The van der Waals surface area contributed by atoms with E-state index in [0.29, 0.717) is 16.6 Å². The SMILES string of the molecule is CN(Cc1cccc(Cl)c1Cl)C(=O)c1ccc(Cl)nn1. The summed E-state index contributed by atoms with van der Waals surface area (Å²) in [5.74, 6) is -0.273. The number of carbonyl (C=O) groups excluding carboxylic acids is 1. The van der Waals surface area contributed by atoms with Gasteiger partial charge in [0.05, 0.1) is 10.0 Å². The Kier molecular flexibility index (Phi) is 4.81. The zero-order valence-electron chi connectivity index (χ0n) is 10.5. The van der Waals surface area contributed by atoms with Gasteiger partial charge in [0, 0.05) is 13.6 Å². The summed E-state index contributed by atoms with van der Waals surface area (Å²) in [6.07, 6.45) is 0. The Bertz CT molecular complexity index is 631. The number of carbonyl (C=O) groups is 1. The maximum Gasteiger partial charge on any atom is 0.274 e. The number of aromatic nitrogens is 2. The highest BCUT2D eigenvalue weighted by Crippen LogP contribution is 2.26. The molecule has 0 aliphatic carbocycles. The molecule has 0 atom stereocenters. The van der Waals surface area contributed by atoms with Crippen LogP contribution in [0.25, 0.3) is 0 Å². The van der Waals surface area contributed by atoms with E-state index in [1.165, 1.54) is 17.0 Å². The second-order valence-electron chi connectivity index (χ2n) is 4.12. The van der Waals surface area contributed by atoms with Gasteiger partial charge in [-0.3, -0.25) is 4.79 Å². The number of halogens is 3. The van der Waals surface area contributed by atoms with Crippen LogP contribution in [0.2, 0.25) is 15.2 Å². The second-order valence-corrected chi connectivity index (χ2v) is 5.29. The van der Waals surface area contributed by atoms with Crippen molar-refractivity contribution >= 4 is 40.7 Å². The number of amides is 1. The average Bonchev–Trinajstić information content (AvgIpc) is 2.44. The van der Waals surface area contributed by atoms with Gasteiger partial charge in [0.15, 0.2) is 10.8 Å². The van der Waals surface area contributed by atoms with Gasteiger partial charge in [0.2, 0.25) is 0 Å². The minimum absolute atomic E-state index is 0.218. The van der Waals surface area contributed by atoms with E-state index in [4.69, 9.17) is 34.8 Å². The van der Waals surface area contributed by atoms with Crippen LogP contribution < -0.4 is 0 Å². The average molecular weight is 331 g/mol. The van der Waals surface area contributed by atoms with Crippen molar-refractivity contribution in [2.45, 2.75) is 6.54 Å². The van der Waals surface area contributed by atoms with E-state index in [-0.39, 0.29) is 16.8 Å². The molecule has 1 amide bonds. The molecule has 1 aromatic carbocycles. The Morgan fingerprint density at radius 1 is 1.15 bits per heavy atom. The lowest BCUT2D eigenvalue weighted by Gasteiger charge is -2.17. The molecule has 0 unspecified atom stereocenters. The fourth-order valence-corrected chi connectivity index (χ4v) is 2.10. The Labute approximate surface area is 131 Å². The van der Waals surface area contributed by atoms with Gasteiger partial charge in [-0.1, -0.05) is 46.9 Å². The number of benzene rings is 1. The molecule has 0 fully saturated rings. The molecule has 0 N–H and O–H groups in total. The number of nitrogens with zero attached hydrogens (tertiary/aromatic N) is 3. The highest BCUT2D eigenvalue weighted by atomic mass is 35.5. The monoisotopic (exact) mass is 329 g/mol. The summed E-state index contributed by atoms with van der Waals surface area (Å²) in [5.41, 5.74) is 0.979. The van der Waals surface area contributed by atoms with E-state index >= 15 is 0 Å². The van der Waals surface area contributed by atoms with E-state index in [0.717, 1.165) is 5.56 Å². The Morgan fingerprint density at radius 3 is 2.55 bits per heavy atom. The summed E-state index contributed by atoms with van der Waals surface area (Å²) in [7, 11) is 1.65. The molecular weight excluding hydrogens is 321 g/mol. The van der Waals surface area contributed by atoms with Gasteiger partial charge in [-0.2, -0.15) is 0 Å². The van der Waals surface area contributed by atoms with Crippen molar-refractivity contribution in [2.75, 3.05) is 7.05 Å². The first kappa shape index (κ1) is 15.0. The molecule has 0 bridgehead atoms. The molecule has 20 heavy (non-hydrogen) atoms. The molecule has 0 saturated carbocycles. The lowest BCUT2D eigenvalue weighted by molar-refractivity contribution is 0.0778. The predicted molar refractivity (Wildman–Crippen MR) is 79.3 cm³/mol. The quantitative estimate of drug-likeness (QED) is 0.862. The summed E-state index contributed by atoms with van der Waals surface area (Å²) in [6, 6.07) is 8.32. The van der Waals surface area contributed by atoms with Gasteiger partial charge in [-0.05, 0) is 23.8 Å². The van der Waals surface area contributed by atoms with E-state index in [1.54, 1.807) is 19.2 Å². The molecular formula is C13H10Cl3N3O. The molecule has 0 saturated heterocycles. The Morgan fingerprint density at radius 2 is 1.90 bits per heavy atom. The minimum atomic E-state index is -0.273. The third kappa shape index (κ3) is 3.39. The fraction of sp³-hybridized carbons (Fsp3) is 0.154. The maximum atomic E-state index is 12.2. The van der Waals surface area contributed by atoms with Crippen LogP contribution in [0.5, 0.6) is 0 Å². The van der Waals surface area contributed by atoms with E-state index in [1.807, 2.05) is 6.07 Å². The van der Waals surface area contributed by atoms with Crippen LogP contribution in [0.15, 0.2) is 30.3 Å². The summed E-state index contributed by atoms with van der Waals surface area (Å²) in [4.78, 5) is 13.6. The predicted octanol–water partition coefficient (Wildman–Crippen LogP) is 3.71. The van der Waals surface area contributed by atoms with Crippen LogP contribution in [0, 0.1) is 0 Å². The van der Waals surface area contributed by atoms with Crippen molar-refractivity contribution in [1.82, 2.24) is 15.1 Å². The van der Waals surface area contributed by atoms with Gasteiger partial charge in [0.25, 0.3) is 5.91 Å². The molecule has 0 aliphatic rings. The van der Waals surface area contributed by atoms with E-state index in [9.17, 15) is 4.79 Å². The topological polar surface area (TPSA) is 46.1 Å². The standard InChI is InChI=1S/C13H10Cl3N3O/c1-19(7-8-3-2-4-9(14)12(8)16)13(20)10-5-6-11(15)18-17-10/h2-6H,7H2,1H3. The van der Waals surface area contributed by atoms with Gasteiger partial charge < -0.3 is 4.90 Å². The van der Waals surface area contributed by atoms with Crippen molar-refractivity contribution in [3.8, 4) is 0 Å². The Balaban J connectivity index is 2.15. The molecule has 2 aromatic rings. The molecule has 0 aliphatic heterocycles. The van der Waals surface area contributed by atoms with Gasteiger partial charge >= 0.3 is 0 Å². The normalized spacial score (nSPS) is 10.4. The van der Waals surface area contributed by atoms with Crippen LogP contribution in [-0.2, 0) is 6.54 Å². The molecule has 1 aromatic heterocycles. The molecule has 0 spiro atoms. The minimum Gasteiger partial charge on any atom is -0.336 e. The lowest BCUT2D eigenvalue weighted by Crippen LogP contribution is -2.27. The highest BCUT2D eigenvalue weighted by Gasteiger charge is 2.15. The molecule has 4 nitrogen and oxygen atoms in total. The largest absolute Gasteiger partial charge is 0.336 e. The summed E-state index contributed by atoms with van der Waals surface area (Å²) < 4.78 is 0. The third-order valence-electron chi connectivity index (χ3n) is 2.64. The van der Waals surface area contributed by atoms with Crippen LogP contribution in [0.3, 0.4) is 0 Å². The van der Waals surface area contributed by atoms with Crippen molar-refractivity contribution in [3.63, 3.8) is 0 Å². The molecule has 2 rings (SSSR count). The smallest absolute Gasteiger partial charge is 0.274 e. The fourth-order valence-electron chi connectivity index (χ4n) is 1.62. The van der Waals surface area contributed by atoms with Gasteiger partial charge in [-0.25, -0.2) is 0 Å². The lowest BCUT2D eigenvalue weighted by atomic mass is 10.2. The number of rotatable bonds is 3. The van der Waals surface area contributed by atoms with Crippen molar-refractivity contribution in [1.29, 1.82) is 0 Å². The maximum absolute atomic E-state index is 12.2. The van der Waals surface area contributed by atoms with Crippen LogP contribution in [0.4, 0.5) is 0 Å². The Hall–Kier alpha value is -1.36. The second kappa shape index (κ2) is 6.39. The summed E-state index contributed by atoms with van der Waals surface area (Å²) >= 11 is 17.7. The van der Waals surface area contributed by atoms with Crippen LogP contribution in [0.1, 0.15) is 16.1 Å². The molecule has 104 valence electrons. The van der Waals surface area contributed by atoms with Crippen LogP contribution >= 0.6 is 34.8 Å². The van der Waals surface area contributed by atoms with Crippen LogP contribution in [-0.4, -0.2) is 28.1 Å². The van der Waals surface area contributed by atoms with E-state index < -0.39 is 0 Å². The first-order valence-electron chi connectivity index (χ1n) is 5.66. The summed E-state index contributed by atoms with van der Waals surface area (Å²) in [5, 5.41) is 8.52.